The van der Waals surface area contributed by atoms with Gasteiger partial charge in [0, 0.05) is 17.8 Å². The number of aromatic nitrogens is 2. The quantitative estimate of drug-likeness (QED) is 0.800. The molecule has 0 bridgehead atoms. The zero-order valence-corrected chi connectivity index (χ0v) is 12.7. The van der Waals surface area contributed by atoms with Crippen LogP contribution in [0.15, 0.2) is 60.8 Å². The van der Waals surface area contributed by atoms with Gasteiger partial charge in [0.1, 0.15) is 5.82 Å². The molecule has 1 aromatic heterocycles. The van der Waals surface area contributed by atoms with Crippen molar-refractivity contribution in [3.8, 4) is 0 Å². The molecule has 0 saturated carbocycles. The number of carbonyl (C=O) groups is 1. The molecule has 5 heteroatoms. The Morgan fingerprint density at radius 2 is 2.00 bits per heavy atom. The second kappa shape index (κ2) is 6.44. The van der Waals surface area contributed by atoms with E-state index in [1.54, 1.807) is 23.0 Å². The molecule has 1 N–H and O–H groups in total. The molecule has 0 unspecified atom stereocenters. The molecule has 0 spiro atoms. The van der Waals surface area contributed by atoms with Crippen LogP contribution in [-0.2, 0) is 6.54 Å². The van der Waals surface area contributed by atoms with Crippen LogP contribution in [0.5, 0.6) is 0 Å². The molecule has 0 fully saturated rings. The van der Waals surface area contributed by atoms with E-state index in [0.717, 1.165) is 0 Å². The van der Waals surface area contributed by atoms with Crippen molar-refractivity contribution in [2.24, 2.45) is 0 Å². The monoisotopic (exact) mass is 309 g/mol. The summed E-state index contributed by atoms with van der Waals surface area (Å²) in [7, 11) is 0. The summed E-state index contributed by atoms with van der Waals surface area (Å²) in [5.41, 5.74) is 2.62. The molecule has 3 aromatic rings. The zero-order chi connectivity index (χ0) is 16.2. The Labute approximate surface area is 133 Å². The summed E-state index contributed by atoms with van der Waals surface area (Å²) in [6, 6.07) is 15.3. The van der Waals surface area contributed by atoms with E-state index in [0.29, 0.717) is 12.4 Å². The van der Waals surface area contributed by atoms with Crippen LogP contribution in [0.3, 0.4) is 0 Å². The number of carbonyl (C=O) groups excluding carboxylic acids is 1. The van der Waals surface area contributed by atoms with Crippen molar-refractivity contribution < 1.29 is 9.18 Å². The van der Waals surface area contributed by atoms with Crippen LogP contribution in [0, 0.1) is 12.7 Å². The molecule has 0 aliphatic heterocycles. The van der Waals surface area contributed by atoms with E-state index in [1.165, 1.54) is 29.3 Å². The second-order valence-electron chi connectivity index (χ2n) is 5.29. The number of halogens is 1. The van der Waals surface area contributed by atoms with Gasteiger partial charge in [-0.3, -0.25) is 9.48 Å². The molecule has 4 nitrogen and oxygen atoms in total. The third kappa shape index (κ3) is 3.63. The van der Waals surface area contributed by atoms with Gasteiger partial charge in [0.2, 0.25) is 0 Å². The average molecular weight is 309 g/mol. The van der Waals surface area contributed by atoms with Gasteiger partial charge in [-0.2, -0.15) is 5.10 Å². The summed E-state index contributed by atoms with van der Waals surface area (Å²) in [6.07, 6.45) is 1.80. The number of anilines is 1. The highest BCUT2D eigenvalue weighted by atomic mass is 19.1. The highest BCUT2D eigenvalue weighted by molar-refractivity contribution is 6.03. The van der Waals surface area contributed by atoms with Crippen LogP contribution in [0.4, 0.5) is 10.2 Å². The van der Waals surface area contributed by atoms with Crippen molar-refractivity contribution >= 4 is 11.7 Å². The molecular weight excluding hydrogens is 293 g/mol. The lowest BCUT2D eigenvalue weighted by Crippen LogP contribution is -2.13. The van der Waals surface area contributed by atoms with E-state index in [-0.39, 0.29) is 11.5 Å². The number of hydrogen-bond donors (Lipinski definition) is 1. The molecule has 0 aliphatic carbocycles. The minimum absolute atomic E-state index is 0.262. The van der Waals surface area contributed by atoms with Crippen LogP contribution in [0.2, 0.25) is 0 Å². The predicted molar refractivity (Wildman–Crippen MR) is 86.9 cm³/mol. The first-order chi connectivity index (χ1) is 11.1. The third-order valence-electron chi connectivity index (χ3n) is 3.56. The van der Waals surface area contributed by atoms with E-state index in [2.05, 4.69) is 10.4 Å². The number of nitrogens with one attached hydrogen (secondary N) is 1. The van der Waals surface area contributed by atoms with Crippen LogP contribution in [0.25, 0.3) is 0 Å². The number of amides is 1. The van der Waals surface area contributed by atoms with E-state index < -0.39 is 5.82 Å². The third-order valence-corrected chi connectivity index (χ3v) is 3.56. The summed E-state index contributed by atoms with van der Waals surface area (Å²) in [6.45, 7) is 2.67. The van der Waals surface area contributed by atoms with Crippen molar-refractivity contribution in [1.82, 2.24) is 9.78 Å². The van der Waals surface area contributed by atoms with Gasteiger partial charge in [0.05, 0.1) is 6.54 Å². The van der Waals surface area contributed by atoms with Gasteiger partial charge in [-0.05, 0) is 36.2 Å². The van der Waals surface area contributed by atoms with Crippen molar-refractivity contribution in [3.63, 3.8) is 0 Å². The number of aryl methyl sites for hydroxylation is 1. The lowest BCUT2D eigenvalue weighted by atomic mass is 10.1. The lowest BCUT2D eigenvalue weighted by Gasteiger charge is -2.05. The number of nitrogens with zero attached hydrogens (tertiary/aromatic N) is 2. The first kappa shape index (κ1) is 15.0. The van der Waals surface area contributed by atoms with E-state index >= 15 is 0 Å². The van der Waals surface area contributed by atoms with Gasteiger partial charge in [-0.1, -0.05) is 30.3 Å². The molecule has 1 heterocycles. The van der Waals surface area contributed by atoms with Crippen molar-refractivity contribution in [1.29, 1.82) is 0 Å². The highest BCUT2D eigenvalue weighted by Crippen LogP contribution is 2.12. The van der Waals surface area contributed by atoms with Gasteiger partial charge in [0.25, 0.3) is 5.91 Å². The number of rotatable bonds is 4. The van der Waals surface area contributed by atoms with Crippen LogP contribution in [-0.4, -0.2) is 15.7 Å². The zero-order valence-electron chi connectivity index (χ0n) is 12.7. The minimum Gasteiger partial charge on any atom is -0.305 e. The Kier molecular flexibility index (Phi) is 4.19. The summed E-state index contributed by atoms with van der Waals surface area (Å²) in [5, 5.41) is 6.99. The van der Waals surface area contributed by atoms with E-state index in [4.69, 9.17) is 0 Å². The number of benzene rings is 2. The highest BCUT2D eigenvalue weighted by Gasteiger charge is 2.09. The Balaban J connectivity index is 1.70. The Bertz CT molecular complexity index is 842. The van der Waals surface area contributed by atoms with Gasteiger partial charge in [0.15, 0.2) is 5.82 Å². The maximum atomic E-state index is 13.2. The first-order valence-corrected chi connectivity index (χ1v) is 7.27. The summed E-state index contributed by atoms with van der Waals surface area (Å²) in [4.78, 5) is 12.1. The largest absolute Gasteiger partial charge is 0.305 e. The smallest absolute Gasteiger partial charge is 0.256 e. The van der Waals surface area contributed by atoms with Crippen LogP contribution >= 0.6 is 0 Å². The summed E-state index contributed by atoms with van der Waals surface area (Å²) >= 11 is 0. The Morgan fingerprint density at radius 1 is 1.17 bits per heavy atom. The first-order valence-electron chi connectivity index (χ1n) is 7.27. The van der Waals surface area contributed by atoms with Gasteiger partial charge < -0.3 is 5.32 Å². The fourth-order valence-electron chi connectivity index (χ4n) is 2.30. The standard InChI is InChI=1S/C18H16FN3O/c1-13-5-2-3-6-15(13)12-22-10-9-17(21-22)20-18(23)14-7-4-8-16(19)11-14/h2-11H,12H2,1H3,(H,20,21,23). The lowest BCUT2D eigenvalue weighted by molar-refractivity contribution is 0.102. The molecule has 0 aliphatic rings. The van der Waals surface area contributed by atoms with Gasteiger partial charge >= 0.3 is 0 Å². The van der Waals surface area contributed by atoms with Crippen molar-refractivity contribution in [2.75, 3.05) is 5.32 Å². The van der Waals surface area contributed by atoms with Crippen LogP contribution in [0.1, 0.15) is 21.5 Å². The molecule has 0 atom stereocenters. The van der Waals surface area contributed by atoms with E-state index in [1.807, 2.05) is 31.2 Å². The van der Waals surface area contributed by atoms with Gasteiger partial charge in [-0.15, -0.1) is 0 Å². The Morgan fingerprint density at radius 3 is 2.78 bits per heavy atom. The molecule has 1 amide bonds. The maximum Gasteiger partial charge on any atom is 0.256 e. The average Bonchev–Trinajstić information content (AvgIpc) is 2.97. The fourth-order valence-corrected chi connectivity index (χ4v) is 2.30. The topological polar surface area (TPSA) is 46.9 Å². The van der Waals surface area contributed by atoms with Crippen molar-refractivity contribution in [3.05, 3.63) is 83.3 Å². The molecule has 23 heavy (non-hydrogen) atoms. The van der Waals surface area contributed by atoms with Gasteiger partial charge in [-0.25, -0.2) is 4.39 Å². The predicted octanol–water partition coefficient (Wildman–Crippen LogP) is 3.63. The molecule has 2 aromatic carbocycles. The number of hydrogen-bond acceptors (Lipinski definition) is 2. The molecule has 116 valence electrons. The second-order valence-corrected chi connectivity index (χ2v) is 5.29. The summed E-state index contributed by atoms with van der Waals surface area (Å²) < 4.78 is 14.9. The molecule has 0 saturated heterocycles. The summed E-state index contributed by atoms with van der Waals surface area (Å²) in [5.74, 6) is -0.388. The molecule has 3 rings (SSSR count). The normalized spacial score (nSPS) is 10.5. The molecular formula is C18H16FN3O. The van der Waals surface area contributed by atoms with Crippen molar-refractivity contribution in [2.45, 2.75) is 13.5 Å². The van der Waals surface area contributed by atoms with Crippen LogP contribution < -0.4 is 5.32 Å². The SMILES string of the molecule is Cc1ccccc1Cn1ccc(NC(=O)c2cccc(F)c2)n1. The minimum atomic E-state index is -0.442. The fraction of sp³-hybridized carbons (Fsp3) is 0.111. The Hall–Kier alpha value is -2.95. The van der Waals surface area contributed by atoms with E-state index in [9.17, 15) is 9.18 Å². The maximum absolute atomic E-state index is 13.2. The molecule has 0 radical (unpaired) electrons.